The summed E-state index contributed by atoms with van der Waals surface area (Å²) in [5.41, 5.74) is 1.17. The van der Waals surface area contributed by atoms with Crippen molar-refractivity contribution in [1.29, 1.82) is 0 Å². The first kappa shape index (κ1) is 14.3. The second kappa shape index (κ2) is 5.61. The Kier molecular flexibility index (Phi) is 3.82. The highest BCUT2D eigenvalue weighted by molar-refractivity contribution is 7.15. The molecule has 0 saturated heterocycles. The first-order valence-corrected chi connectivity index (χ1v) is 7.68. The van der Waals surface area contributed by atoms with E-state index in [1.165, 1.54) is 23.5 Å². The molecule has 2 N–H and O–H groups in total. The van der Waals surface area contributed by atoms with Crippen LogP contribution in [0, 0.1) is 5.82 Å². The molecule has 0 radical (unpaired) electrons. The van der Waals surface area contributed by atoms with E-state index in [9.17, 15) is 14.3 Å². The Hall–Kier alpha value is -1.66. The van der Waals surface area contributed by atoms with Gasteiger partial charge in [-0.15, -0.1) is 11.3 Å². The number of aryl methyl sites for hydroxylation is 1. The van der Waals surface area contributed by atoms with Crippen molar-refractivity contribution in [3.63, 3.8) is 0 Å². The molecule has 1 aromatic carbocycles. The average molecular weight is 327 g/mol. The summed E-state index contributed by atoms with van der Waals surface area (Å²) in [5, 5.41) is 12.9. The van der Waals surface area contributed by atoms with Crippen molar-refractivity contribution in [2.24, 2.45) is 0 Å². The molecule has 1 heterocycles. The normalized spacial score (nSPS) is 17.3. The molecule has 1 atom stereocenters. The minimum absolute atomic E-state index is 0.0601. The summed E-state index contributed by atoms with van der Waals surface area (Å²) in [6, 6.07) is 4.41. The Balaban J connectivity index is 1.87. The molecule has 110 valence electrons. The average Bonchev–Trinajstić information content (AvgIpc) is 2.84. The van der Waals surface area contributed by atoms with Gasteiger partial charge in [0.05, 0.1) is 10.7 Å². The van der Waals surface area contributed by atoms with Crippen LogP contribution in [0.3, 0.4) is 0 Å². The zero-order chi connectivity index (χ0) is 15.0. The molecule has 0 fully saturated rings. The van der Waals surface area contributed by atoms with E-state index in [4.69, 9.17) is 11.6 Å². The van der Waals surface area contributed by atoms with E-state index < -0.39 is 17.7 Å². The number of hydrogen-bond donors (Lipinski definition) is 2. The zero-order valence-corrected chi connectivity index (χ0v) is 12.5. The molecule has 1 aliphatic rings. The predicted molar refractivity (Wildman–Crippen MR) is 80.1 cm³/mol. The van der Waals surface area contributed by atoms with Crippen LogP contribution in [0.1, 0.15) is 29.3 Å². The number of nitrogens with one attached hydrogen (secondary N) is 1. The Morgan fingerprint density at radius 2 is 2.33 bits per heavy atom. The van der Waals surface area contributed by atoms with Crippen LogP contribution in [0.15, 0.2) is 18.2 Å². The number of carboxylic acid groups (broad SMARTS) is 1. The fourth-order valence-electron chi connectivity index (χ4n) is 2.41. The first-order chi connectivity index (χ1) is 10.0. The van der Waals surface area contributed by atoms with Gasteiger partial charge in [-0.1, -0.05) is 11.6 Å². The molecule has 4 nitrogen and oxygen atoms in total. The van der Waals surface area contributed by atoms with Gasteiger partial charge in [0, 0.05) is 10.6 Å². The maximum absolute atomic E-state index is 13.4. The second-order valence-corrected chi connectivity index (χ2v) is 6.36. The molecule has 1 aliphatic carbocycles. The molecule has 2 aromatic rings. The van der Waals surface area contributed by atoms with Crippen molar-refractivity contribution in [2.75, 3.05) is 5.32 Å². The van der Waals surface area contributed by atoms with Gasteiger partial charge in [-0.05, 0) is 37.5 Å². The van der Waals surface area contributed by atoms with Crippen molar-refractivity contribution < 1.29 is 14.3 Å². The standard InChI is InChI=1S/C14H12ClFN2O2S/c15-9-5-4-7(6-10(9)16)17-14-18-12-8(13(19)20)2-1-3-11(12)21-14/h4-6,8H,1-3H2,(H,17,18)(H,19,20). The highest BCUT2D eigenvalue weighted by atomic mass is 35.5. The molecule has 0 saturated carbocycles. The number of nitrogens with zero attached hydrogens (tertiary/aromatic N) is 1. The van der Waals surface area contributed by atoms with Gasteiger partial charge in [-0.2, -0.15) is 0 Å². The molecule has 0 aliphatic heterocycles. The highest BCUT2D eigenvalue weighted by Gasteiger charge is 2.30. The molecular formula is C14H12ClFN2O2S. The monoisotopic (exact) mass is 326 g/mol. The van der Waals surface area contributed by atoms with Crippen molar-refractivity contribution in [3.05, 3.63) is 39.6 Å². The minimum Gasteiger partial charge on any atom is -0.481 e. The van der Waals surface area contributed by atoms with Gasteiger partial charge in [-0.25, -0.2) is 9.37 Å². The molecule has 0 bridgehead atoms. The Morgan fingerprint density at radius 1 is 1.52 bits per heavy atom. The number of fused-ring (bicyclic) bond motifs is 1. The molecule has 7 heteroatoms. The van der Waals surface area contributed by atoms with Crippen LogP contribution in [-0.4, -0.2) is 16.1 Å². The summed E-state index contributed by atoms with van der Waals surface area (Å²) in [6.45, 7) is 0. The summed E-state index contributed by atoms with van der Waals surface area (Å²) >= 11 is 7.06. The van der Waals surface area contributed by atoms with E-state index in [0.717, 1.165) is 17.7 Å². The number of halogens is 2. The number of rotatable bonds is 3. The van der Waals surface area contributed by atoms with Crippen LogP contribution >= 0.6 is 22.9 Å². The minimum atomic E-state index is -0.842. The lowest BCUT2D eigenvalue weighted by Crippen LogP contribution is -2.17. The van der Waals surface area contributed by atoms with Crippen LogP contribution in [-0.2, 0) is 11.2 Å². The van der Waals surface area contributed by atoms with E-state index in [1.807, 2.05) is 0 Å². The molecule has 3 rings (SSSR count). The fraction of sp³-hybridized carbons (Fsp3) is 0.286. The third-order valence-electron chi connectivity index (χ3n) is 3.42. The largest absolute Gasteiger partial charge is 0.481 e. The van der Waals surface area contributed by atoms with E-state index in [-0.39, 0.29) is 5.02 Å². The number of aliphatic carboxylic acids is 1. The highest BCUT2D eigenvalue weighted by Crippen LogP contribution is 2.37. The van der Waals surface area contributed by atoms with Crippen LogP contribution in [0.2, 0.25) is 5.02 Å². The Morgan fingerprint density at radius 3 is 3.05 bits per heavy atom. The maximum atomic E-state index is 13.4. The van der Waals surface area contributed by atoms with Crippen molar-refractivity contribution in [3.8, 4) is 0 Å². The predicted octanol–water partition coefficient (Wildman–Crippen LogP) is 4.18. The van der Waals surface area contributed by atoms with Crippen LogP contribution < -0.4 is 5.32 Å². The van der Waals surface area contributed by atoms with Gasteiger partial charge in [-0.3, -0.25) is 4.79 Å². The van der Waals surface area contributed by atoms with E-state index in [2.05, 4.69) is 10.3 Å². The summed E-state index contributed by atoms with van der Waals surface area (Å²) in [7, 11) is 0. The number of carboxylic acids is 1. The number of anilines is 2. The quantitative estimate of drug-likeness (QED) is 0.888. The van der Waals surface area contributed by atoms with Crippen molar-refractivity contribution in [1.82, 2.24) is 4.98 Å². The third-order valence-corrected chi connectivity index (χ3v) is 4.78. The lowest BCUT2D eigenvalue weighted by Gasteiger charge is -2.16. The summed E-state index contributed by atoms with van der Waals surface area (Å²) in [4.78, 5) is 16.6. The first-order valence-electron chi connectivity index (χ1n) is 6.49. The molecule has 0 spiro atoms. The van der Waals surface area contributed by atoms with Gasteiger partial charge in [0.25, 0.3) is 0 Å². The van der Waals surface area contributed by atoms with Gasteiger partial charge >= 0.3 is 5.97 Å². The van der Waals surface area contributed by atoms with E-state index in [0.29, 0.717) is 22.9 Å². The van der Waals surface area contributed by atoms with Gasteiger partial charge < -0.3 is 10.4 Å². The van der Waals surface area contributed by atoms with E-state index in [1.54, 1.807) is 6.07 Å². The van der Waals surface area contributed by atoms with Crippen LogP contribution in [0.25, 0.3) is 0 Å². The summed E-state index contributed by atoms with van der Waals surface area (Å²) in [5.74, 6) is -1.89. The molecule has 21 heavy (non-hydrogen) atoms. The third kappa shape index (κ3) is 2.87. The maximum Gasteiger partial charge on any atom is 0.312 e. The smallest absolute Gasteiger partial charge is 0.312 e. The van der Waals surface area contributed by atoms with Crippen molar-refractivity contribution >= 4 is 39.7 Å². The Labute approximate surface area is 129 Å². The van der Waals surface area contributed by atoms with Gasteiger partial charge in [0.2, 0.25) is 0 Å². The van der Waals surface area contributed by atoms with Gasteiger partial charge in [0.15, 0.2) is 5.13 Å². The number of hydrogen-bond acceptors (Lipinski definition) is 4. The second-order valence-electron chi connectivity index (χ2n) is 4.86. The number of aromatic nitrogens is 1. The van der Waals surface area contributed by atoms with Gasteiger partial charge in [0.1, 0.15) is 11.7 Å². The Bertz CT molecular complexity index is 704. The van der Waals surface area contributed by atoms with Crippen LogP contribution in [0.5, 0.6) is 0 Å². The molecule has 1 aromatic heterocycles. The molecule has 0 amide bonds. The van der Waals surface area contributed by atoms with E-state index >= 15 is 0 Å². The SMILES string of the molecule is O=C(O)C1CCCc2sc(Nc3ccc(Cl)c(F)c3)nc21. The summed E-state index contributed by atoms with van der Waals surface area (Å²) in [6.07, 6.45) is 2.30. The number of thiazole rings is 1. The van der Waals surface area contributed by atoms with Crippen LogP contribution in [0.4, 0.5) is 15.2 Å². The fourth-order valence-corrected chi connectivity index (χ4v) is 3.61. The topological polar surface area (TPSA) is 62.2 Å². The number of benzene rings is 1. The zero-order valence-electron chi connectivity index (χ0n) is 10.9. The lowest BCUT2D eigenvalue weighted by atomic mass is 9.91. The lowest BCUT2D eigenvalue weighted by molar-refractivity contribution is -0.139. The number of carbonyl (C=O) groups is 1. The molecule has 1 unspecified atom stereocenters. The summed E-state index contributed by atoms with van der Waals surface area (Å²) < 4.78 is 13.4. The van der Waals surface area contributed by atoms with Crippen molar-refractivity contribution in [2.45, 2.75) is 25.2 Å². The molecular weight excluding hydrogens is 315 g/mol.